The van der Waals surface area contributed by atoms with Crippen LogP contribution in [0.25, 0.3) is 0 Å². The van der Waals surface area contributed by atoms with Gasteiger partial charge in [0.1, 0.15) is 5.69 Å². The molecule has 4 rings (SSSR count). The lowest BCUT2D eigenvalue weighted by molar-refractivity contribution is -0.130. The van der Waals surface area contributed by atoms with Crippen molar-refractivity contribution in [3.8, 4) is 0 Å². The molecule has 0 saturated carbocycles. The molecule has 7 heteroatoms. The fourth-order valence-electron chi connectivity index (χ4n) is 4.52. The number of rotatable bonds is 9. The van der Waals surface area contributed by atoms with Crippen molar-refractivity contribution >= 4 is 17.8 Å². The van der Waals surface area contributed by atoms with Gasteiger partial charge in [0.15, 0.2) is 11.5 Å². The van der Waals surface area contributed by atoms with Crippen LogP contribution in [-0.4, -0.2) is 45.6 Å². The first-order valence-electron chi connectivity index (χ1n) is 12.0. The van der Waals surface area contributed by atoms with Gasteiger partial charge in [-0.3, -0.25) is 19.5 Å². The summed E-state index contributed by atoms with van der Waals surface area (Å²) in [5.41, 5.74) is 7.74. The molecule has 0 atom stereocenters. The van der Waals surface area contributed by atoms with Crippen molar-refractivity contribution < 1.29 is 9.59 Å². The molecule has 1 aliphatic rings. The zero-order valence-corrected chi connectivity index (χ0v) is 20.2. The fraction of sp³-hybridized carbons (Fsp3) is 0.286. The molecule has 0 bridgehead atoms. The highest BCUT2D eigenvalue weighted by Crippen LogP contribution is 2.39. The van der Waals surface area contributed by atoms with Crippen LogP contribution in [0.15, 0.2) is 84.0 Å². The number of guanidine groups is 1. The highest BCUT2D eigenvalue weighted by atomic mass is 16.2. The lowest BCUT2D eigenvalue weighted by atomic mass is 9.83. The summed E-state index contributed by atoms with van der Waals surface area (Å²) in [6.45, 7) is 5.65. The molecule has 3 aromatic rings. The molecule has 1 aromatic heterocycles. The predicted molar refractivity (Wildman–Crippen MR) is 137 cm³/mol. The Kier molecular flexibility index (Phi) is 7.25. The van der Waals surface area contributed by atoms with E-state index in [1.807, 2.05) is 79.4 Å². The highest BCUT2D eigenvalue weighted by molar-refractivity contribution is 6.09. The summed E-state index contributed by atoms with van der Waals surface area (Å²) in [6.07, 6.45) is 3.36. The van der Waals surface area contributed by atoms with Crippen LogP contribution in [0.5, 0.6) is 0 Å². The summed E-state index contributed by atoms with van der Waals surface area (Å²) in [5.74, 6) is -0.186. The SMILES string of the molecule is CCCN(CCC)C(=O)c1cc(CN2C(=O)C(c3ccccc3)(c3ccccc3)N=C2N)ccn1. The Labute approximate surface area is 206 Å². The van der Waals surface area contributed by atoms with E-state index in [9.17, 15) is 9.59 Å². The third kappa shape index (κ3) is 4.67. The number of benzene rings is 2. The Bertz CT molecular complexity index is 1160. The van der Waals surface area contributed by atoms with Gasteiger partial charge in [0.25, 0.3) is 11.8 Å². The van der Waals surface area contributed by atoms with Gasteiger partial charge in [-0.2, -0.15) is 0 Å². The summed E-state index contributed by atoms with van der Waals surface area (Å²) >= 11 is 0. The van der Waals surface area contributed by atoms with Gasteiger partial charge in [0.2, 0.25) is 0 Å². The third-order valence-electron chi connectivity index (χ3n) is 6.16. The number of carbonyl (C=O) groups excluding carboxylic acids is 2. The first-order valence-corrected chi connectivity index (χ1v) is 12.0. The highest BCUT2D eigenvalue weighted by Gasteiger charge is 2.50. The Morgan fingerprint density at radius 1 is 0.943 bits per heavy atom. The normalized spacial score (nSPS) is 14.6. The molecule has 2 amide bonds. The Morgan fingerprint density at radius 2 is 1.51 bits per heavy atom. The first kappa shape index (κ1) is 24.1. The molecule has 2 aromatic carbocycles. The molecule has 0 spiro atoms. The number of amides is 2. The topological polar surface area (TPSA) is 91.9 Å². The molecule has 35 heavy (non-hydrogen) atoms. The number of carbonyl (C=O) groups is 2. The lowest BCUT2D eigenvalue weighted by Gasteiger charge is -2.27. The van der Waals surface area contributed by atoms with Crippen molar-refractivity contribution in [1.82, 2.24) is 14.8 Å². The fourth-order valence-corrected chi connectivity index (χ4v) is 4.52. The standard InChI is InChI=1S/C28H31N5O2/c1-3-17-32(18-4-2)25(34)24-19-21(15-16-30-24)20-33-26(35)28(31-27(33)29,22-11-7-5-8-12-22)23-13-9-6-10-14-23/h5-16,19H,3-4,17-18,20H2,1-2H3,(H2,29,31). The number of nitrogens with two attached hydrogens (primary N) is 1. The number of aliphatic imine (C=N–C) groups is 1. The first-order chi connectivity index (χ1) is 17.0. The second kappa shape index (κ2) is 10.5. The molecule has 0 fully saturated rings. The summed E-state index contributed by atoms with van der Waals surface area (Å²) in [6, 6.07) is 22.5. The number of pyridine rings is 1. The van der Waals surface area contributed by atoms with E-state index >= 15 is 0 Å². The predicted octanol–water partition coefficient (Wildman–Crippen LogP) is 3.94. The van der Waals surface area contributed by atoms with Crippen molar-refractivity contribution in [3.63, 3.8) is 0 Å². The summed E-state index contributed by atoms with van der Waals surface area (Å²) in [4.78, 5) is 39.4. The number of aromatic nitrogens is 1. The van der Waals surface area contributed by atoms with Crippen LogP contribution in [0.3, 0.4) is 0 Å². The van der Waals surface area contributed by atoms with E-state index in [0.29, 0.717) is 18.8 Å². The summed E-state index contributed by atoms with van der Waals surface area (Å²) < 4.78 is 0. The third-order valence-corrected chi connectivity index (χ3v) is 6.16. The van der Waals surface area contributed by atoms with Crippen LogP contribution >= 0.6 is 0 Å². The van der Waals surface area contributed by atoms with Gasteiger partial charge in [0, 0.05) is 19.3 Å². The van der Waals surface area contributed by atoms with Crippen molar-refractivity contribution in [3.05, 3.63) is 101 Å². The molecule has 0 saturated heterocycles. The number of hydrogen-bond acceptors (Lipinski definition) is 5. The van der Waals surface area contributed by atoms with E-state index in [1.54, 1.807) is 18.3 Å². The van der Waals surface area contributed by atoms with E-state index in [0.717, 1.165) is 29.5 Å². The summed E-state index contributed by atoms with van der Waals surface area (Å²) in [7, 11) is 0. The van der Waals surface area contributed by atoms with Crippen molar-refractivity contribution in [2.24, 2.45) is 10.7 Å². The Morgan fingerprint density at radius 3 is 2.06 bits per heavy atom. The smallest absolute Gasteiger partial charge is 0.272 e. The van der Waals surface area contributed by atoms with Crippen molar-refractivity contribution in [2.45, 2.75) is 38.8 Å². The molecule has 1 aliphatic heterocycles. The maximum absolute atomic E-state index is 14.0. The average Bonchev–Trinajstić information content (AvgIpc) is 3.15. The number of nitrogens with zero attached hydrogens (tertiary/aromatic N) is 4. The van der Waals surface area contributed by atoms with Gasteiger partial charge < -0.3 is 10.6 Å². The van der Waals surface area contributed by atoms with Crippen LogP contribution in [0.4, 0.5) is 0 Å². The van der Waals surface area contributed by atoms with E-state index in [-0.39, 0.29) is 24.3 Å². The van der Waals surface area contributed by atoms with E-state index in [4.69, 9.17) is 10.7 Å². The van der Waals surface area contributed by atoms with E-state index in [2.05, 4.69) is 4.98 Å². The van der Waals surface area contributed by atoms with Crippen LogP contribution in [0.1, 0.15) is 53.9 Å². The van der Waals surface area contributed by atoms with Crippen LogP contribution in [0.2, 0.25) is 0 Å². The molecular weight excluding hydrogens is 438 g/mol. The van der Waals surface area contributed by atoms with Crippen LogP contribution in [-0.2, 0) is 16.9 Å². The van der Waals surface area contributed by atoms with Crippen molar-refractivity contribution in [2.75, 3.05) is 13.1 Å². The van der Waals surface area contributed by atoms with Gasteiger partial charge in [-0.1, -0.05) is 74.5 Å². The van der Waals surface area contributed by atoms with Gasteiger partial charge in [-0.15, -0.1) is 0 Å². The quantitative estimate of drug-likeness (QED) is 0.514. The van der Waals surface area contributed by atoms with Crippen molar-refractivity contribution in [1.29, 1.82) is 0 Å². The zero-order valence-electron chi connectivity index (χ0n) is 20.2. The molecule has 180 valence electrons. The molecule has 0 radical (unpaired) electrons. The molecular formula is C28H31N5O2. The van der Waals surface area contributed by atoms with Gasteiger partial charge in [-0.25, -0.2) is 4.99 Å². The Balaban J connectivity index is 1.66. The minimum absolute atomic E-state index is 0.104. The maximum atomic E-state index is 14.0. The molecule has 7 nitrogen and oxygen atoms in total. The Hall–Kier alpha value is -4.00. The molecule has 0 unspecified atom stereocenters. The van der Waals surface area contributed by atoms with E-state index in [1.165, 1.54) is 4.90 Å². The monoisotopic (exact) mass is 469 g/mol. The largest absolute Gasteiger partial charge is 0.369 e. The van der Waals surface area contributed by atoms with Gasteiger partial charge >= 0.3 is 0 Å². The molecule has 2 heterocycles. The van der Waals surface area contributed by atoms with Gasteiger partial charge in [-0.05, 0) is 41.7 Å². The van der Waals surface area contributed by atoms with Crippen LogP contribution < -0.4 is 5.73 Å². The lowest BCUT2D eigenvalue weighted by Crippen LogP contribution is -2.43. The second-order valence-corrected chi connectivity index (χ2v) is 8.65. The average molecular weight is 470 g/mol. The van der Waals surface area contributed by atoms with Crippen LogP contribution in [0, 0.1) is 0 Å². The minimum atomic E-state index is -1.25. The molecule has 0 aliphatic carbocycles. The summed E-state index contributed by atoms with van der Waals surface area (Å²) in [5, 5.41) is 0. The minimum Gasteiger partial charge on any atom is -0.369 e. The zero-order chi connectivity index (χ0) is 24.8. The maximum Gasteiger partial charge on any atom is 0.272 e. The number of hydrogen-bond donors (Lipinski definition) is 1. The second-order valence-electron chi connectivity index (χ2n) is 8.65. The van der Waals surface area contributed by atoms with Gasteiger partial charge in [0.05, 0.1) is 6.54 Å². The van der Waals surface area contributed by atoms with E-state index < -0.39 is 5.54 Å². The molecule has 2 N–H and O–H groups in total.